The molecule has 27 heavy (non-hydrogen) atoms. The average Bonchev–Trinajstić information content (AvgIpc) is 3.30. The number of fused-ring (bicyclic) bond motifs is 2. The normalized spacial score (nSPS) is 25.7. The Kier molecular flexibility index (Phi) is 4.30. The monoisotopic (exact) mass is 366 g/mol. The number of aromatic nitrogens is 3. The predicted molar refractivity (Wildman–Crippen MR) is 99.0 cm³/mol. The number of nitrogens with zero attached hydrogens (tertiary/aromatic N) is 3. The zero-order valence-electron chi connectivity index (χ0n) is 15.3. The van der Waals surface area contributed by atoms with Crippen LogP contribution in [0.2, 0.25) is 0 Å². The molecule has 1 heterocycles. The number of allylic oxidation sites excluding steroid dienone is 2. The number of nitrogens with one attached hydrogen (secondary N) is 1. The van der Waals surface area contributed by atoms with E-state index in [-0.39, 0.29) is 17.7 Å². The van der Waals surface area contributed by atoms with Crippen molar-refractivity contribution in [1.29, 1.82) is 0 Å². The third kappa shape index (κ3) is 3.25. The maximum absolute atomic E-state index is 12.8. The third-order valence-corrected chi connectivity index (χ3v) is 5.54. The van der Waals surface area contributed by atoms with Crippen LogP contribution in [0.25, 0.3) is 0 Å². The fraction of sp³-hybridized carbons (Fsp3) is 0.400. The first kappa shape index (κ1) is 17.5. The summed E-state index contributed by atoms with van der Waals surface area (Å²) in [5.74, 6) is -0.721. The van der Waals surface area contributed by atoms with Crippen LogP contribution >= 0.6 is 0 Å². The van der Waals surface area contributed by atoms with Gasteiger partial charge in [0, 0.05) is 5.69 Å². The molecule has 4 rings (SSSR count). The Bertz CT molecular complexity index is 933. The van der Waals surface area contributed by atoms with Crippen molar-refractivity contribution in [3.8, 4) is 0 Å². The van der Waals surface area contributed by atoms with Crippen LogP contribution in [0.1, 0.15) is 23.6 Å². The Balaban J connectivity index is 1.50. The Morgan fingerprint density at radius 3 is 2.63 bits per heavy atom. The van der Waals surface area contributed by atoms with E-state index >= 15 is 0 Å². The lowest BCUT2D eigenvalue weighted by Gasteiger charge is -2.24. The van der Waals surface area contributed by atoms with Crippen LogP contribution in [0, 0.1) is 37.5 Å². The highest BCUT2D eigenvalue weighted by molar-refractivity contribution is 5.96. The molecule has 1 aromatic carbocycles. The minimum absolute atomic E-state index is 0.0139. The molecular formula is C20H22N4O3. The minimum atomic E-state index is -0.891. The van der Waals surface area contributed by atoms with Crippen LogP contribution in [0.3, 0.4) is 0 Å². The van der Waals surface area contributed by atoms with E-state index in [0.717, 1.165) is 23.6 Å². The summed E-state index contributed by atoms with van der Waals surface area (Å²) in [7, 11) is 0. The molecule has 0 saturated heterocycles. The van der Waals surface area contributed by atoms with Gasteiger partial charge < -0.3 is 10.4 Å². The number of aliphatic carboxylic acids is 1. The van der Waals surface area contributed by atoms with Crippen molar-refractivity contribution in [2.24, 2.45) is 23.7 Å². The van der Waals surface area contributed by atoms with Crippen LogP contribution < -0.4 is 5.32 Å². The van der Waals surface area contributed by atoms with E-state index in [1.165, 1.54) is 0 Å². The molecule has 1 amide bonds. The highest BCUT2D eigenvalue weighted by atomic mass is 16.4. The van der Waals surface area contributed by atoms with E-state index in [4.69, 9.17) is 0 Å². The zero-order chi connectivity index (χ0) is 19.1. The first-order valence-electron chi connectivity index (χ1n) is 9.11. The number of carbonyl (C=O) groups excluding carboxylic acids is 1. The summed E-state index contributed by atoms with van der Waals surface area (Å²) >= 11 is 0. The van der Waals surface area contributed by atoms with Crippen molar-refractivity contribution < 1.29 is 14.7 Å². The molecular weight excluding hydrogens is 344 g/mol. The Hall–Kier alpha value is -2.96. The summed E-state index contributed by atoms with van der Waals surface area (Å²) in [6, 6.07) is 7.55. The Morgan fingerprint density at radius 2 is 1.96 bits per heavy atom. The highest BCUT2D eigenvalue weighted by Gasteiger charge is 2.51. The van der Waals surface area contributed by atoms with Gasteiger partial charge in [0.2, 0.25) is 5.91 Å². The average molecular weight is 366 g/mol. The highest BCUT2D eigenvalue weighted by Crippen LogP contribution is 2.48. The third-order valence-electron chi connectivity index (χ3n) is 5.54. The van der Waals surface area contributed by atoms with E-state index < -0.39 is 17.8 Å². The molecule has 2 aliphatic carbocycles. The molecule has 0 unspecified atom stereocenters. The van der Waals surface area contributed by atoms with E-state index in [0.29, 0.717) is 12.2 Å². The molecule has 140 valence electrons. The number of carboxylic acid groups (broad SMARTS) is 1. The molecule has 1 aromatic heterocycles. The van der Waals surface area contributed by atoms with Crippen molar-refractivity contribution in [1.82, 2.24) is 14.8 Å². The van der Waals surface area contributed by atoms with Crippen LogP contribution in [0.5, 0.6) is 0 Å². The molecule has 0 aliphatic heterocycles. The van der Waals surface area contributed by atoms with Gasteiger partial charge in [-0.05, 0) is 49.8 Å². The van der Waals surface area contributed by atoms with E-state index in [2.05, 4.69) is 15.4 Å². The number of benzene rings is 1. The molecule has 2 N–H and O–H groups in total. The molecule has 4 atom stereocenters. The van der Waals surface area contributed by atoms with E-state index in [1.54, 1.807) is 0 Å². The number of hydrogen-bond acceptors (Lipinski definition) is 4. The standard InChI is InChI=1S/C20H22N4O3/c1-11-21-12(2)24(23-11)10-13-4-3-5-16(8-13)22-19(25)17-14-6-7-15(9-14)18(17)20(26)27/h3-8,14-15,17-18H,9-10H2,1-2H3,(H,22,25)(H,26,27)/t14-,15-,17+,18-/m0/s1. The molecule has 7 nitrogen and oxygen atoms in total. The summed E-state index contributed by atoms with van der Waals surface area (Å²) in [6.45, 7) is 4.31. The van der Waals surface area contributed by atoms with Crippen LogP contribution in [-0.2, 0) is 16.1 Å². The zero-order valence-corrected chi connectivity index (χ0v) is 15.3. The van der Waals surface area contributed by atoms with Gasteiger partial charge in [-0.25, -0.2) is 9.67 Å². The van der Waals surface area contributed by atoms with Gasteiger partial charge in [0.25, 0.3) is 0 Å². The van der Waals surface area contributed by atoms with Crippen LogP contribution in [0.15, 0.2) is 36.4 Å². The predicted octanol–water partition coefficient (Wildman–Crippen LogP) is 2.40. The fourth-order valence-corrected chi connectivity index (χ4v) is 4.37. The van der Waals surface area contributed by atoms with Gasteiger partial charge >= 0.3 is 5.97 Å². The fourth-order valence-electron chi connectivity index (χ4n) is 4.37. The van der Waals surface area contributed by atoms with E-state index in [9.17, 15) is 14.7 Å². The molecule has 1 saturated carbocycles. The maximum atomic E-state index is 12.8. The lowest BCUT2D eigenvalue weighted by Crippen LogP contribution is -2.36. The quantitative estimate of drug-likeness (QED) is 0.792. The second kappa shape index (κ2) is 6.64. The minimum Gasteiger partial charge on any atom is -0.481 e. The number of anilines is 1. The second-order valence-corrected chi connectivity index (χ2v) is 7.39. The van der Waals surface area contributed by atoms with Crippen molar-refractivity contribution >= 4 is 17.6 Å². The lowest BCUT2D eigenvalue weighted by atomic mass is 9.82. The van der Waals surface area contributed by atoms with Crippen molar-refractivity contribution in [2.45, 2.75) is 26.8 Å². The van der Waals surface area contributed by atoms with Gasteiger partial charge in [0.05, 0.1) is 18.4 Å². The second-order valence-electron chi connectivity index (χ2n) is 7.39. The molecule has 0 radical (unpaired) electrons. The molecule has 2 bridgehead atoms. The summed E-state index contributed by atoms with van der Waals surface area (Å²) < 4.78 is 1.82. The van der Waals surface area contributed by atoms with Gasteiger partial charge in [-0.2, -0.15) is 5.10 Å². The largest absolute Gasteiger partial charge is 0.481 e. The Labute approximate surface area is 157 Å². The molecule has 2 aliphatic rings. The Morgan fingerprint density at radius 1 is 1.22 bits per heavy atom. The smallest absolute Gasteiger partial charge is 0.307 e. The number of carboxylic acids is 1. The maximum Gasteiger partial charge on any atom is 0.307 e. The first-order valence-corrected chi connectivity index (χ1v) is 9.11. The van der Waals surface area contributed by atoms with Crippen molar-refractivity contribution in [2.75, 3.05) is 5.32 Å². The van der Waals surface area contributed by atoms with Gasteiger partial charge in [0.1, 0.15) is 11.6 Å². The van der Waals surface area contributed by atoms with Gasteiger partial charge in [-0.15, -0.1) is 0 Å². The number of amides is 1. The van der Waals surface area contributed by atoms with Gasteiger partial charge in [-0.1, -0.05) is 24.3 Å². The van der Waals surface area contributed by atoms with Gasteiger partial charge in [0.15, 0.2) is 0 Å². The SMILES string of the molecule is Cc1nc(C)n(Cc2cccc(NC(=O)[C@H]3[C@@H](C(=O)O)[C@H]4C=C[C@H]3C4)c2)n1. The number of aryl methyl sites for hydroxylation is 2. The summed E-state index contributed by atoms with van der Waals surface area (Å²) in [5, 5.41) is 16.8. The molecule has 7 heteroatoms. The van der Waals surface area contributed by atoms with Gasteiger partial charge in [-0.3, -0.25) is 9.59 Å². The number of rotatable bonds is 5. The summed E-state index contributed by atoms with van der Waals surface area (Å²) in [6.07, 6.45) is 4.68. The molecule has 2 aromatic rings. The first-order chi connectivity index (χ1) is 12.9. The topological polar surface area (TPSA) is 97.1 Å². The number of carbonyl (C=O) groups is 2. The number of hydrogen-bond donors (Lipinski definition) is 2. The van der Waals surface area contributed by atoms with Crippen molar-refractivity contribution in [3.63, 3.8) is 0 Å². The summed E-state index contributed by atoms with van der Waals surface area (Å²) in [5.41, 5.74) is 1.66. The van der Waals surface area contributed by atoms with Crippen LogP contribution in [0.4, 0.5) is 5.69 Å². The van der Waals surface area contributed by atoms with E-state index in [1.807, 2.05) is 54.9 Å². The lowest BCUT2D eigenvalue weighted by molar-refractivity contribution is -0.146. The molecule has 0 spiro atoms. The van der Waals surface area contributed by atoms with Crippen LogP contribution in [-0.4, -0.2) is 31.7 Å². The molecule has 1 fully saturated rings. The summed E-state index contributed by atoms with van der Waals surface area (Å²) in [4.78, 5) is 28.7. The van der Waals surface area contributed by atoms with Crippen molar-refractivity contribution in [3.05, 3.63) is 53.6 Å².